The van der Waals surface area contributed by atoms with Crippen LogP contribution in [0.5, 0.6) is 11.6 Å². The number of nitrogen functional groups attached to an aromatic ring is 1. The van der Waals surface area contributed by atoms with Gasteiger partial charge in [0.05, 0.1) is 5.56 Å². The first-order valence-electron chi connectivity index (χ1n) is 7.17. The lowest BCUT2D eigenvalue weighted by Crippen LogP contribution is -2.13. The largest absolute Gasteiger partial charge is 0.439 e. The lowest BCUT2D eigenvalue weighted by molar-refractivity contribution is 0.454. The van der Waals surface area contributed by atoms with Gasteiger partial charge in [-0.2, -0.15) is 4.98 Å². The monoisotopic (exact) mass is 286 g/mol. The molecule has 1 aromatic carbocycles. The predicted octanol–water partition coefficient (Wildman–Crippen LogP) is 3.55. The van der Waals surface area contributed by atoms with Gasteiger partial charge in [-0.05, 0) is 30.5 Å². The van der Waals surface area contributed by atoms with E-state index in [2.05, 4.69) is 35.3 Å². The highest BCUT2D eigenvalue weighted by Gasteiger charge is 2.12. The number of anilines is 1. The van der Waals surface area contributed by atoms with Crippen LogP contribution < -0.4 is 16.0 Å². The molecular formula is C16H22N4O. The van der Waals surface area contributed by atoms with Crippen molar-refractivity contribution < 1.29 is 4.74 Å². The van der Waals surface area contributed by atoms with Crippen molar-refractivity contribution in [2.45, 2.75) is 40.0 Å². The van der Waals surface area contributed by atoms with Gasteiger partial charge in [0, 0.05) is 6.42 Å². The molecule has 21 heavy (non-hydrogen) atoms. The molecule has 3 N–H and O–H groups in total. The molecule has 2 rings (SSSR count). The lowest BCUT2D eigenvalue weighted by atomic mass is 10.0. The number of hydrazine groups is 1. The van der Waals surface area contributed by atoms with E-state index in [1.54, 1.807) is 0 Å². The highest BCUT2D eigenvalue weighted by atomic mass is 16.5. The van der Waals surface area contributed by atoms with Crippen molar-refractivity contribution in [2.75, 3.05) is 5.43 Å². The van der Waals surface area contributed by atoms with Crippen LogP contribution in [-0.2, 0) is 6.42 Å². The minimum absolute atomic E-state index is 0.451. The quantitative estimate of drug-likeness (QED) is 0.649. The van der Waals surface area contributed by atoms with E-state index in [1.165, 1.54) is 5.56 Å². The van der Waals surface area contributed by atoms with Gasteiger partial charge in [0.1, 0.15) is 17.4 Å². The average Bonchev–Trinajstić information content (AvgIpc) is 2.49. The second-order valence-electron chi connectivity index (χ2n) is 5.25. The molecule has 0 saturated heterocycles. The first kappa shape index (κ1) is 15.3. The number of nitrogens with one attached hydrogen (secondary N) is 1. The van der Waals surface area contributed by atoms with E-state index >= 15 is 0 Å². The van der Waals surface area contributed by atoms with Crippen molar-refractivity contribution in [2.24, 2.45) is 5.84 Å². The minimum Gasteiger partial charge on any atom is -0.439 e. The SMILES string of the molecule is CCc1nc(NN)c(C)c(Oc2cccc(C(C)C)c2)n1. The first-order chi connectivity index (χ1) is 10.0. The Labute approximate surface area is 125 Å². The second-order valence-corrected chi connectivity index (χ2v) is 5.25. The van der Waals surface area contributed by atoms with Gasteiger partial charge in [-0.25, -0.2) is 10.8 Å². The Morgan fingerprint density at radius 1 is 1.29 bits per heavy atom. The molecule has 0 atom stereocenters. The molecule has 0 unspecified atom stereocenters. The third-order valence-corrected chi connectivity index (χ3v) is 3.34. The van der Waals surface area contributed by atoms with Crippen LogP contribution in [0.4, 0.5) is 5.82 Å². The van der Waals surface area contributed by atoms with E-state index in [-0.39, 0.29) is 0 Å². The lowest BCUT2D eigenvalue weighted by Gasteiger charge is -2.13. The van der Waals surface area contributed by atoms with E-state index in [9.17, 15) is 0 Å². The molecule has 0 aliphatic carbocycles. The van der Waals surface area contributed by atoms with Crippen LogP contribution in [0.25, 0.3) is 0 Å². The van der Waals surface area contributed by atoms with Crippen molar-refractivity contribution in [3.05, 3.63) is 41.2 Å². The number of ether oxygens (including phenoxy) is 1. The Hall–Kier alpha value is -2.14. The zero-order valence-electron chi connectivity index (χ0n) is 13.0. The maximum atomic E-state index is 5.94. The summed E-state index contributed by atoms with van der Waals surface area (Å²) in [6, 6.07) is 8.04. The maximum absolute atomic E-state index is 5.94. The van der Waals surface area contributed by atoms with Gasteiger partial charge >= 0.3 is 0 Å². The van der Waals surface area contributed by atoms with Crippen molar-refractivity contribution >= 4 is 5.82 Å². The van der Waals surface area contributed by atoms with E-state index in [4.69, 9.17) is 10.6 Å². The molecule has 1 heterocycles. The Bertz CT molecular complexity index is 626. The van der Waals surface area contributed by atoms with Gasteiger partial charge < -0.3 is 10.2 Å². The molecule has 0 aliphatic rings. The van der Waals surface area contributed by atoms with Gasteiger partial charge in [0.25, 0.3) is 0 Å². The molecule has 0 aliphatic heterocycles. The fourth-order valence-electron chi connectivity index (χ4n) is 1.99. The topological polar surface area (TPSA) is 73.1 Å². The molecule has 0 saturated carbocycles. The predicted molar refractivity (Wildman–Crippen MR) is 84.6 cm³/mol. The minimum atomic E-state index is 0.451. The zero-order valence-corrected chi connectivity index (χ0v) is 13.0. The summed E-state index contributed by atoms with van der Waals surface area (Å²) < 4.78 is 5.94. The maximum Gasteiger partial charge on any atom is 0.227 e. The second kappa shape index (κ2) is 6.54. The van der Waals surface area contributed by atoms with E-state index in [0.29, 0.717) is 23.4 Å². The summed E-state index contributed by atoms with van der Waals surface area (Å²) in [4.78, 5) is 8.77. The van der Waals surface area contributed by atoms with Gasteiger partial charge in [0.2, 0.25) is 5.88 Å². The van der Waals surface area contributed by atoms with Crippen molar-refractivity contribution in [3.63, 3.8) is 0 Å². The molecule has 0 bridgehead atoms. The summed E-state index contributed by atoms with van der Waals surface area (Å²) in [7, 11) is 0. The van der Waals surface area contributed by atoms with Crippen molar-refractivity contribution in [1.82, 2.24) is 9.97 Å². The van der Waals surface area contributed by atoms with Crippen molar-refractivity contribution in [1.29, 1.82) is 0 Å². The number of rotatable bonds is 5. The molecule has 0 amide bonds. The standard InChI is InChI=1S/C16H22N4O/c1-5-14-18-15(20-17)11(4)16(19-14)21-13-8-6-7-12(9-13)10(2)3/h6-10H,5,17H2,1-4H3,(H,18,19,20). The number of aryl methyl sites for hydroxylation is 1. The third kappa shape index (κ3) is 3.49. The molecule has 0 fully saturated rings. The van der Waals surface area contributed by atoms with E-state index in [1.807, 2.05) is 32.0 Å². The summed E-state index contributed by atoms with van der Waals surface area (Å²) in [5.74, 6) is 8.56. The number of hydrogen-bond acceptors (Lipinski definition) is 5. The Balaban J connectivity index is 2.36. The molecule has 2 aromatic rings. The van der Waals surface area contributed by atoms with Gasteiger partial charge in [-0.1, -0.05) is 32.9 Å². The van der Waals surface area contributed by atoms with E-state index in [0.717, 1.165) is 17.7 Å². The Morgan fingerprint density at radius 2 is 2.05 bits per heavy atom. The molecule has 5 heteroatoms. The summed E-state index contributed by atoms with van der Waals surface area (Å²) >= 11 is 0. The number of nitrogens with two attached hydrogens (primary N) is 1. The molecule has 0 spiro atoms. The molecule has 112 valence electrons. The van der Waals surface area contributed by atoms with Gasteiger partial charge in [-0.15, -0.1) is 0 Å². The summed E-state index contributed by atoms with van der Waals surface area (Å²) in [6.07, 6.45) is 0.720. The zero-order chi connectivity index (χ0) is 15.4. The molecule has 0 radical (unpaired) electrons. The van der Waals surface area contributed by atoms with E-state index < -0.39 is 0 Å². The fraction of sp³-hybridized carbons (Fsp3) is 0.375. The highest BCUT2D eigenvalue weighted by Crippen LogP contribution is 2.28. The number of nitrogens with zero attached hydrogens (tertiary/aromatic N) is 2. The van der Waals surface area contributed by atoms with Crippen LogP contribution in [0.2, 0.25) is 0 Å². The summed E-state index contributed by atoms with van der Waals surface area (Å²) in [5.41, 5.74) is 4.62. The normalized spacial score (nSPS) is 10.8. The average molecular weight is 286 g/mol. The Morgan fingerprint density at radius 3 is 2.67 bits per heavy atom. The highest BCUT2D eigenvalue weighted by molar-refractivity contribution is 5.49. The third-order valence-electron chi connectivity index (χ3n) is 3.34. The van der Waals surface area contributed by atoms with Crippen LogP contribution in [0.15, 0.2) is 24.3 Å². The summed E-state index contributed by atoms with van der Waals surface area (Å²) in [6.45, 7) is 8.19. The number of aromatic nitrogens is 2. The Kier molecular flexibility index (Phi) is 4.75. The van der Waals surface area contributed by atoms with Gasteiger partial charge in [-0.3, -0.25) is 0 Å². The van der Waals surface area contributed by atoms with Crippen LogP contribution in [0.3, 0.4) is 0 Å². The molecule has 5 nitrogen and oxygen atoms in total. The summed E-state index contributed by atoms with van der Waals surface area (Å²) in [5, 5.41) is 0. The van der Waals surface area contributed by atoms with Crippen LogP contribution in [-0.4, -0.2) is 9.97 Å². The molecular weight excluding hydrogens is 264 g/mol. The van der Waals surface area contributed by atoms with Crippen molar-refractivity contribution in [3.8, 4) is 11.6 Å². The van der Waals surface area contributed by atoms with Crippen LogP contribution >= 0.6 is 0 Å². The first-order valence-corrected chi connectivity index (χ1v) is 7.17. The van der Waals surface area contributed by atoms with Crippen LogP contribution in [0.1, 0.15) is 43.6 Å². The van der Waals surface area contributed by atoms with Crippen LogP contribution in [0, 0.1) is 6.92 Å². The number of benzene rings is 1. The molecule has 1 aromatic heterocycles. The van der Waals surface area contributed by atoms with Gasteiger partial charge in [0.15, 0.2) is 0 Å². The fourth-order valence-corrected chi connectivity index (χ4v) is 1.99. The number of hydrogen-bond donors (Lipinski definition) is 2. The smallest absolute Gasteiger partial charge is 0.227 e.